The van der Waals surface area contributed by atoms with Crippen molar-refractivity contribution < 1.29 is 28.6 Å². The maximum Gasteiger partial charge on any atom is 0.306 e. The van der Waals surface area contributed by atoms with Crippen molar-refractivity contribution in [1.82, 2.24) is 0 Å². The molecule has 0 aromatic rings. The molecule has 0 aliphatic rings. The Morgan fingerprint density at radius 2 is 0.491 bits per heavy atom. The Labute approximate surface area is 342 Å². The molecule has 1 atom stereocenters. The zero-order chi connectivity index (χ0) is 40.1. The van der Waals surface area contributed by atoms with Crippen molar-refractivity contribution in [2.24, 2.45) is 0 Å². The van der Waals surface area contributed by atoms with Crippen molar-refractivity contribution in [2.75, 3.05) is 13.2 Å². The van der Waals surface area contributed by atoms with Crippen LogP contribution in [0.15, 0.2) is 0 Å². The predicted octanol–water partition coefficient (Wildman–Crippen LogP) is 15.6. The van der Waals surface area contributed by atoms with Gasteiger partial charge >= 0.3 is 17.9 Å². The minimum Gasteiger partial charge on any atom is -0.462 e. The van der Waals surface area contributed by atoms with E-state index in [1.54, 1.807) is 0 Å². The summed E-state index contributed by atoms with van der Waals surface area (Å²) in [5.41, 5.74) is 0. The number of rotatable bonds is 45. The number of carbonyl (C=O) groups is 3. The summed E-state index contributed by atoms with van der Waals surface area (Å²) in [5.74, 6) is -0.849. The summed E-state index contributed by atoms with van der Waals surface area (Å²) in [6, 6.07) is 0. The molecule has 0 N–H and O–H groups in total. The molecule has 0 bridgehead atoms. The molecule has 0 amide bonds. The van der Waals surface area contributed by atoms with E-state index in [1.165, 1.54) is 180 Å². The van der Waals surface area contributed by atoms with Crippen LogP contribution >= 0.6 is 0 Å². The van der Waals surface area contributed by atoms with Gasteiger partial charge in [0, 0.05) is 19.3 Å². The first-order valence-corrected chi connectivity index (χ1v) is 24.5. The monoisotopic (exact) mass is 779 g/mol. The maximum absolute atomic E-state index is 12.7. The molecule has 0 heterocycles. The molecule has 0 spiro atoms. The fourth-order valence-electron chi connectivity index (χ4n) is 7.38. The summed E-state index contributed by atoms with van der Waals surface area (Å²) >= 11 is 0. The van der Waals surface area contributed by atoms with Gasteiger partial charge in [-0.25, -0.2) is 0 Å². The van der Waals surface area contributed by atoms with Gasteiger partial charge in [0.15, 0.2) is 6.10 Å². The smallest absolute Gasteiger partial charge is 0.306 e. The van der Waals surface area contributed by atoms with Crippen LogP contribution in [-0.4, -0.2) is 37.2 Å². The minimum absolute atomic E-state index is 0.0625. The van der Waals surface area contributed by atoms with E-state index in [0.29, 0.717) is 19.3 Å². The van der Waals surface area contributed by atoms with Crippen LogP contribution in [0.25, 0.3) is 0 Å². The summed E-state index contributed by atoms with van der Waals surface area (Å²) in [6.45, 7) is 6.64. The van der Waals surface area contributed by atoms with Crippen LogP contribution < -0.4 is 0 Å². The maximum atomic E-state index is 12.7. The summed E-state index contributed by atoms with van der Waals surface area (Å²) < 4.78 is 16.7. The molecule has 0 radical (unpaired) electrons. The number of hydrogen-bond acceptors (Lipinski definition) is 6. The molecule has 6 heteroatoms. The molecule has 0 aromatic carbocycles. The molecule has 0 aromatic heterocycles. The Hall–Kier alpha value is -1.59. The molecular formula is C49H94O6. The van der Waals surface area contributed by atoms with Crippen molar-refractivity contribution in [2.45, 2.75) is 284 Å². The molecule has 55 heavy (non-hydrogen) atoms. The molecule has 0 rings (SSSR count). The molecule has 0 fully saturated rings. The lowest BCUT2D eigenvalue weighted by Crippen LogP contribution is -2.30. The van der Waals surface area contributed by atoms with E-state index < -0.39 is 6.10 Å². The largest absolute Gasteiger partial charge is 0.462 e. The highest BCUT2D eigenvalue weighted by Gasteiger charge is 2.19. The first-order valence-electron chi connectivity index (χ1n) is 24.5. The molecule has 0 saturated heterocycles. The third-order valence-corrected chi connectivity index (χ3v) is 11.1. The Balaban J connectivity index is 4.25. The van der Waals surface area contributed by atoms with Crippen LogP contribution in [-0.2, 0) is 28.6 Å². The molecule has 0 unspecified atom stereocenters. The summed E-state index contributed by atoms with van der Waals surface area (Å²) in [4.78, 5) is 37.7. The van der Waals surface area contributed by atoms with Crippen LogP contribution in [0.2, 0.25) is 0 Å². The topological polar surface area (TPSA) is 78.9 Å². The molecule has 0 saturated carbocycles. The molecule has 6 nitrogen and oxygen atoms in total. The third-order valence-electron chi connectivity index (χ3n) is 11.1. The molecule has 326 valence electrons. The van der Waals surface area contributed by atoms with Crippen LogP contribution in [0.3, 0.4) is 0 Å². The standard InChI is InChI=1S/C49H94O6/c1-4-7-10-13-16-19-21-22-23-24-25-26-28-31-34-37-40-43-49(52)55-46(44-53-47(50)41-38-35-32-29-18-15-12-9-6-3)45-54-48(51)42-39-36-33-30-27-20-17-14-11-8-5-2/h46H,4-45H2,1-3H3/t46-/m0/s1. The second kappa shape index (κ2) is 45.1. The highest BCUT2D eigenvalue weighted by molar-refractivity contribution is 5.71. The van der Waals surface area contributed by atoms with Gasteiger partial charge in [-0.3, -0.25) is 14.4 Å². The number of hydrogen-bond donors (Lipinski definition) is 0. The second-order valence-corrected chi connectivity index (χ2v) is 16.7. The zero-order valence-corrected chi connectivity index (χ0v) is 37.2. The van der Waals surface area contributed by atoms with E-state index in [1.807, 2.05) is 0 Å². The highest BCUT2D eigenvalue weighted by atomic mass is 16.6. The van der Waals surface area contributed by atoms with Crippen molar-refractivity contribution in [3.63, 3.8) is 0 Å². The van der Waals surface area contributed by atoms with Gasteiger partial charge in [-0.15, -0.1) is 0 Å². The van der Waals surface area contributed by atoms with E-state index in [9.17, 15) is 14.4 Å². The fraction of sp³-hybridized carbons (Fsp3) is 0.939. The number of esters is 3. The van der Waals surface area contributed by atoms with E-state index in [-0.39, 0.29) is 31.1 Å². The van der Waals surface area contributed by atoms with Crippen LogP contribution in [0.5, 0.6) is 0 Å². The molecular weight excluding hydrogens is 685 g/mol. The number of unbranched alkanes of at least 4 members (excludes halogenated alkanes) is 34. The first kappa shape index (κ1) is 53.4. The normalized spacial score (nSPS) is 11.8. The van der Waals surface area contributed by atoms with Crippen molar-refractivity contribution in [3.8, 4) is 0 Å². The SMILES string of the molecule is CCCCCCCCCCCCCCCCCCCC(=O)O[C@@H](COC(=O)CCCCCCCCCCC)COC(=O)CCCCCCCCCCCCC. The van der Waals surface area contributed by atoms with Gasteiger partial charge in [0.1, 0.15) is 13.2 Å². The Bertz CT molecular complexity index is 813. The van der Waals surface area contributed by atoms with Gasteiger partial charge < -0.3 is 14.2 Å². The lowest BCUT2D eigenvalue weighted by Gasteiger charge is -2.18. The van der Waals surface area contributed by atoms with E-state index in [0.717, 1.165) is 57.8 Å². The van der Waals surface area contributed by atoms with Crippen LogP contribution in [0, 0.1) is 0 Å². The average Bonchev–Trinajstić information content (AvgIpc) is 3.18. The van der Waals surface area contributed by atoms with Gasteiger partial charge in [0.25, 0.3) is 0 Å². The Kier molecular flexibility index (Phi) is 43.8. The third kappa shape index (κ3) is 43.4. The van der Waals surface area contributed by atoms with Gasteiger partial charge in [-0.1, -0.05) is 239 Å². The Morgan fingerprint density at radius 1 is 0.291 bits per heavy atom. The molecule has 0 aliphatic heterocycles. The van der Waals surface area contributed by atoms with Crippen molar-refractivity contribution in [3.05, 3.63) is 0 Å². The lowest BCUT2D eigenvalue weighted by atomic mass is 10.0. The van der Waals surface area contributed by atoms with E-state index in [4.69, 9.17) is 14.2 Å². The second-order valence-electron chi connectivity index (χ2n) is 16.7. The summed E-state index contributed by atoms with van der Waals surface area (Å²) in [7, 11) is 0. The van der Waals surface area contributed by atoms with Gasteiger partial charge in [-0.2, -0.15) is 0 Å². The van der Waals surface area contributed by atoms with Crippen LogP contribution in [0.1, 0.15) is 278 Å². The van der Waals surface area contributed by atoms with E-state index >= 15 is 0 Å². The van der Waals surface area contributed by atoms with Crippen LogP contribution in [0.4, 0.5) is 0 Å². The first-order chi connectivity index (χ1) is 27.0. The zero-order valence-electron chi connectivity index (χ0n) is 37.2. The van der Waals surface area contributed by atoms with Crippen molar-refractivity contribution >= 4 is 17.9 Å². The quantitative estimate of drug-likeness (QED) is 0.0348. The predicted molar refractivity (Wildman–Crippen MR) is 233 cm³/mol. The number of carbonyl (C=O) groups excluding carboxylic acids is 3. The summed E-state index contributed by atoms with van der Waals surface area (Å²) in [6.07, 6.45) is 46.6. The van der Waals surface area contributed by atoms with Crippen molar-refractivity contribution in [1.29, 1.82) is 0 Å². The van der Waals surface area contributed by atoms with Gasteiger partial charge in [-0.05, 0) is 19.3 Å². The Morgan fingerprint density at radius 3 is 0.727 bits per heavy atom. The average molecular weight is 779 g/mol. The molecule has 0 aliphatic carbocycles. The summed E-state index contributed by atoms with van der Waals surface area (Å²) in [5, 5.41) is 0. The van der Waals surface area contributed by atoms with E-state index in [2.05, 4.69) is 20.8 Å². The fourth-order valence-corrected chi connectivity index (χ4v) is 7.38. The van der Waals surface area contributed by atoms with Gasteiger partial charge in [0.2, 0.25) is 0 Å². The highest BCUT2D eigenvalue weighted by Crippen LogP contribution is 2.16. The lowest BCUT2D eigenvalue weighted by molar-refractivity contribution is -0.167. The van der Waals surface area contributed by atoms with Gasteiger partial charge in [0.05, 0.1) is 0 Å². The minimum atomic E-state index is -0.758. The number of ether oxygens (including phenoxy) is 3.